The smallest absolute Gasteiger partial charge is 0.222 e. The van der Waals surface area contributed by atoms with Gasteiger partial charge in [0.15, 0.2) is 0 Å². The van der Waals surface area contributed by atoms with Crippen LogP contribution in [0.3, 0.4) is 0 Å². The number of methoxy groups -OCH3 is 1. The first kappa shape index (κ1) is 19.2. The third-order valence-corrected chi connectivity index (χ3v) is 4.87. The van der Waals surface area contributed by atoms with E-state index in [1.807, 2.05) is 42.2 Å². The van der Waals surface area contributed by atoms with Gasteiger partial charge < -0.3 is 15.0 Å². The molecule has 1 atom stereocenters. The molecule has 0 spiro atoms. The van der Waals surface area contributed by atoms with Gasteiger partial charge in [0, 0.05) is 54.3 Å². The Morgan fingerprint density at radius 1 is 1.30 bits per heavy atom. The normalized spacial score (nSPS) is 16.6. The largest absolute Gasteiger partial charge is 0.497 e. The van der Waals surface area contributed by atoms with Gasteiger partial charge in [-0.05, 0) is 43.5 Å². The maximum Gasteiger partial charge on any atom is 0.222 e. The number of pyridine rings is 1. The highest BCUT2D eigenvalue weighted by molar-refractivity contribution is 5.76. The van der Waals surface area contributed by atoms with Crippen molar-refractivity contribution in [1.82, 2.24) is 9.88 Å². The van der Waals surface area contributed by atoms with Crippen molar-refractivity contribution in [1.29, 1.82) is 0 Å². The summed E-state index contributed by atoms with van der Waals surface area (Å²) in [5, 5.41) is 3.44. The standard InChI is InChI=1S/C22H29N3O2/c1-15(2)10-22(26)25-9-8-17(14-25)21-13-19(11-16(3)23-21)24-18-6-5-7-20(12-18)27-4/h5-7,11-13,15,17H,8-10,14H2,1-4H3,(H,23,24). The van der Waals surface area contributed by atoms with Gasteiger partial charge >= 0.3 is 0 Å². The Bertz CT molecular complexity index is 804. The lowest BCUT2D eigenvalue weighted by atomic mass is 10.0. The third kappa shape index (κ3) is 5.00. The van der Waals surface area contributed by atoms with E-state index in [4.69, 9.17) is 9.72 Å². The van der Waals surface area contributed by atoms with Crippen molar-refractivity contribution >= 4 is 17.3 Å². The molecule has 1 saturated heterocycles. The molecule has 2 heterocycles. The number of rotatable bonds is 6. The van der Waals surface area contributed by atoms with E-state index in [0.29, 0.717) is 18.3 Å². The van der Waals surface area contributed by atoms with Gasteiger partial charge in [0.1, 0.15) is 5.75 Å². The lowest BCUT2D eigenvalue weighted by molar-refractivity contribution is -0.130. The Kier molecular flexibility index (Phi) is 5.99. The van der Waals surface area contributed by atoms with Gasteiger partial charge in [0.25, 0.3) is 0 Å². The van der Waals surface area contributed by atoms with E-state index in [2.05, 4.69) is 25.2 Å². The number of aromatic nitrogens is 1. The molecule has 1 N–H and O–H groups in total. The fourth-order valence-electron chi connectivity index (χ4n) is 3.55. The van der Waals surface area contributed by atoms with Crippen molar-refractivity contribution < 1.29 is 9.53 Å². The second-order valence-electron chi connectivity index (χ2n) is 7.70. The minimum atomic E-state index is 0.259. The van der Waals surface area contributed by atoms with Crippen LogP contribution in [0, 0.1) is 12.8 Å². The van der Waals surface area contributed by atoms with Gasteiger partial charge in [0.05, 0.1) is 7.11 Å². The third-order valence-electron chi connectivity index (χ3n) is 4.87. The van der Waals surface area contributed by atoms with Gasteiger partial charge in [-0.2, -0.15) is 0 Å². The molecule has 1 amide bonds. The SMILES string of the molecule is COc1cccc(Nc2cc(C)nc(C3CCN(C(=O)CC(C)C)C3)c2)c1. The topological polar surface area (TPSA) is 54.5 Å². The molecule has 2 aromatic rings. The summed E-state index contributed by atoms with van der Waals surface area (Å²) in [6.07, 6.45) is 1.59. The number of nitrogens with zero attached hydrogens (tertiary/aromatic N) is 2. The van der Waals surface area contributed by atoms with E-state index < -0.39 is 0 Å². The Labute approximate surface area is 161 Å². The molecule has 0 saturated carbocycles. The average Bonchev–Trinajstić information content (AvgIpc) is 3.11. The molecule has 1 aliphatic rings. The van der Waals surface area contributed by atoms with Crippen LogP contribution in [-0.2, 0) is 4.79 Å². The molecular weight excluding hydrogens is 338 g/mol. The lowest BCUT2D eigenvalue weighted by Gasteiger charge is -2.18. The van der Waals surface area contributed by atoms with Gasteiger partial charge in [0.2, 0.25) is 5.91 Å². The van der Waals surface area contributed by atoms with Crippen LogP contribution >= 0.6 is 0 Å². The van der Waals surface area contributed by atoms with Crippen LogP contribution in [0.1, 0.15) is 44.0 Å². The van der Waals surface area contributed by atoms with E-state index in [0.717, 1.165) is 48.0 Å². The minimum Gasteiger partial charge on any atom is -0.497 e. The first-order valence-electron chi connectivity index (χ1n) is 9.62. The summed E-state index contributed by atoms with van der Waals surface area (Å²) in [6.45, 7) is 7.77. The van der Waals surface area contributed by atoms with E-state index in [9.17, 15) is 4.79 Å². The highest BCUT2D eigenvalue weighted by Gasteiger charge is 2.28. The fourth-order valence-corrected chi connectivity index (χ4v) is 3.55. The summed E-state index contributed by atoms with van der Waals surface area (Å²) >= 11 is 0. The van der Waals surface area contributed by atoms with Crippen molar-refractivity contribution in [2.75, 3.05) is 25.5 Å². The van der Waals surface area contributed by atoms with Gasteiger partial charge in [-0.1, -0.05) is 19.9 Å². The number of nitrogens with one attached hydrogen (secondary N) is 1. The number of likely N-dealkylation sites (tertiary alicyclic amines) is 1. The zero-order valence-electron chi connectivity index (χ0n) is 16.7. The molecule has 1 aliphatic heterocycles. The van der Waals surface area contributed by atoms with Crippen LogP contribution in [0.5, 0.6) is 5.75 Å². The molecule has 3 rings (SSSR count). The second kappa shape index (κ2) is 8.42. The molecule has 1 unspecified atom stereocenters. The van der Waals surface area contributed by atoms with E-state index in [-0.39, 0.29) is 5.91 Å². The van der Waals surface area contributed by atoms with E-state index >= 15 is 0 Å². The molecule has 0 radical (unpaired) electrons. The Morgan fingerprint density at radius 3 is 2.85 bits per heavy atom. The number of hydrogen-bond donors (Lipinski definition) is 1. The number of carbonyl (C=O) groups is 1. The second-order valence-corrected chi connectivity index (χ2v) is 7.70. The van der Waals surface area contributed by atoms with Gasteiger partial charge in [-0.25, -0.2) is 0 Å². The zero-order chi connectivity index (χ0) is 19.4. The fraction of sp³-hybridized carbons (Fsp3) is 0.455. The molecule has 5 heteroatoms. The Hall–Kier alpha value is -2.56. The van der Waals surface area contributed by atoms with Gasteiger partial charge in [-0.15, -0.1) is 0 Å². The minimum absolute atomic E-state index is 0.259. The quantitative estimate of drug-likeness (QED) is 0.816. The molecule has 0 bridgehead atoms. The zero-order valence-corrected chi connectivity index (χ0v) is 16.7. The molecule has 144 valence electrons. The molecule has 1 fully saturated rings. The molecule has 1 aromatic heterocycles. The number of anilines is 2. The maximum atomic E-state index is 12.3. The van der Waals surface area contributed by atoms with Gasteiger partial charge in [-0.3, -0.25) is 9.78 Å². The number of ether oxygens (including phenoxy) is 1. The van der Waals surface area contributed by atoms with Crippen LogP contribution in [0.25, 0.3) is 0 Å². The van der Waals surface area contributed by atoms with Crippen molar-refractivity contribution in [2.45, 2.75) is 39.5 Å². The first-order chi connectivity index (χ1) is 12.9. The van der Waals surface area contributed by atoms with Crippen LogP contribution in [0.15, 0.2) is 36.4 Å². The first-order valence-corrected chi connectivity index (χ1v) is 9.62. The van der Waals surface area contributed by atoms with E-state index in [1.54, 1.807) is 7.11 Å². The predicted molar refractivity (Wildman–Crippen MR) is 109 cm³/mol. The van der Waals surface area contributed by atoms with Crippen LogP contribution in [-0.4, -0.2) is 36.0 Å². The summed E-state index contributed by atoms with van der Waals surface area (Å²) in [7, 11) is 1.67. The number of benzene rings is 1. The summed E-state index contributed by atoms with van der Waals surface area (Å²) in [6, 6.07) is 12.0. The van der Waals surface area contributed by atoms with Crippen molar-refractivity contribution in [3.8, 4) is 5.75 Å². The molecule has 5 nitrogen and oxygen atoms in total. The molecular formula is C22H29N3O2. The average molecular weight is 367 g/mol. The molecule has 0 aliphatic carbocycles. The molecule has 27 heavy (non-hydrogen) atoms. The Morgan fingerprint density at radius 2 is 2.11 bits per heavy atom. The maximum absolute atomic E-state index is 12.3. The van der Waals surface area contributed by atoms with Crippen LogP contribution < -0.4 is 10.1 Å². The van der Waals surface area contributed by atoms with Crippen LogP contribution in [0.2, 0.25) is 0 Å². The number of hydrogen-bond acceptors (Lipinski definition) is 4. The summed E-state index contributed by atoms with van der Waals surface area (Å²) in [4.78, 5) is 19.1. The summed E-state index contributed by atoms with van der Waals surface area (Å²) in [5.74, 6) is 1.77. The van der Waals surface area contributed by atoms with Crippen molar-refractivity contribution in [3.05, 3.63) is 47.8 Å². The number of aryl methyl sites for hydroxylation is 1. The highest BCUT2D eigenvalue weighted by atomic mass is 16.5. The van der Waals surface area contributed by atoms with Crippen molar-refractivity contribution in [3.63, 3.8) is 0 Å². The summed E-state index contributed by atoms with van der Waals surface area (Å²) < 4.78 is 5.29. The molecule has 1 aromatic carbocycles. The van der Waals surface area contributed by atoms with Crippen LogP contribution in [0.4, 0.5) is 11.4 Å². The summed E-state index contributed by atoms with van der Waals surface area (Å²) in [5.41, 5.74) is 4.02. The number of carbonyl (C=O) groups excluding carboxylic acids is 1. The Balaban J connectivity index is 1.73. The van der Waals surface area contributed by atoms with E-state index in [1.165, 1.54) is 0 Å². The highest BCUT2D eigenvalue weighted by Crippen LogP contribution is 2.30. The predicted octanol–water partition coefficient (Wildman–Crippen LogP) is 4.50. The van der Waals surface area contributed by atoms with Crippen molar-refractivity contribution in [2.24, 2.45) is 5.92 Å². The monoisotopic (exact) mass is 367 g/mol. The number of amides is 1. The lowest BCUT2D eigenvalue weighted by Crippen LogP contribution is -2.29.